The van der Waals surface area contributed by atoms with Gasteiger partial charge in [-0.2, -0.15) is 5.10 Å². The van der Waals surface area contributed by atoms with Crippen molar-refractivity contribution in [2.24, 2.45) is 0 Å². The van der Waals surface area contributed by atoms with Crippen LogP contribution in [-0.4, -0.2) is 44.8 Å². The van der Waals surface area contributed by atoms with Gasteiger partial charge in [-0.05, 0) is 18.2 Å². The maximum Gasteiger partial charge on any atom is 0.267 e. The lowest BCUT2D eigenvalue weighted by molar-refractivity contribution is -0.131. The van der Waals surface area contributed by atoms with Crippen LogP contribution in [0.25, 0.3) is 10.9 Å². The highest BCUT2D eigenvalue weighted by Crippen LogP contribution is 2.26. The van der Waals surface area contributed by atoms with Crippen molar-refractivity contribution < 1.29 is 9.53 Å². The quantitative estimate of drug-likeness (QED) is 0.712. The Labute approximate surface area is 149 Å². The standard InChI is InChI=1S/C19H18N4O3/c24-17-7-3-10-21-23(17)13-18(25)22-11-8-15(12-22)26-16-6-1-4-14-5-2-9-20-19(14)16/h1-7,9-10,15H,8,11-13H2. The summed E-state index contributed by atoms with van der Waals surface area (Å²) in [4.78, 5) is 30.2. The number of likely N-dealkylation sites (tertiary alicyclic amines) is 1. The largest absolute Gasteiger partial charge is 0.486 e. The minimum atomic E-state index is -0.283. The van der Waals surface area contributed by atoms with Crippen LogP contribution in [-0.2, 0) is 11.3 Å². The van der Waals surface area contributed by atoms with Gasteiger partial charge in [-0.1, -0.05) is 18.2 Å². The van der Waals surface area contributed by atoms with Crippen LogP contribution in [0.2, 0.25) is 0 Å². The molecule has 26 heavy (non-hydrogen) atoms. The highest BCUT2D eigenvalue weighted by molar-refractivity contribution is 5.84. The van der Waals surface area contributed by atoms with Crippen molar-refractivity contribution >= 4 is 16.8 Å². The van der Waals surface area contributed by atoms with Gasteiger partial charge in [0.1, 0.15) is 23.9 Å². The molecule has 0 aliphatic carbocycles. The van der Waals surface area contributed by atoms with Gasteiger partial charge in [0.2, 0.25) is 5.91 Å². The monoisotopic (exact) mass is 350 g/mol. The molecule has 1 amide bonds. The van der Waals surface area contributed by atoms with Crippen LogP contribution in [0.4, 0.5) is 0 Å². The van der Waals surface area contributed by atoms with Crippen LogP contribution in [0.15, 0.2) is 59.7 Å². The van der Waals surface area contributed by atoms with E-state index in [1.54, 1.807) is 17.2 Å². The molecule has 7 nitrogen and oxygen atoms in total. The molecule has 1 fully saturated rings. The smallest absolute Gasteiger partial charge is 0.267 e. The van der Waals surface area contributed by atoms with Crippen LogP contribution >= 0.6 is 0 Å². The number of benzene rings is 1. The summed E-state index contributed by atoms with van der Waals surface area (Å²) in [6.07, 6.45) is 3.89. The van der Waals surface area contributed by atoms with Gasteiger partial charge in [-0.3, -0.25) is 14.6 Å². The summed E-state index contributed by atoms with van der Waals surface area (Å²) in [5.74, 6) is 0.594. The second-order valence-corrected chi connectivity index (χ2v) is 6.22. The number of hydrogen-bond acceptors (Lipinski definition) is 5. The van der Waals surface area contributed by atoms with Gasteiger partial charge in [0.25, 0.3) is 5.56 Å². The summed E-state index contributed by atoms with van der Waals surface area (Å²) in [6, 6.07) is 12.7. The Morgan fingerprint density at radius 1 is 1.15 bits per heavy atom. The minimum Gasteiger partial charge on any atom is -0.486 e. The minimum absolute atomic E-state index is 0.0534. The normalized spacial score (nSPS) is 16.8. The van der Waals surface area contributed by atoms with Crippen molar-refractivity contribution in [1.29, 1.82) is 0 Å². The van der Waals surface area contributed by atoms with Gasteiger partial charge >= 0.3 is 0 Å². The Morgan fingerprint density at radius 3 is 2.88 bits per heavy atom. The zero-order chi connectivity index (χ0) is 17.9. The third-order valence-electron chi connectivity index (χ3n) is 4.46. The molecule has 0 bridgehead atoms. The number of pyridine rings is 1. The van der Waals surface area contributed by atoms with Crippen molar-refractivity contribution in [3.05, 3.63) is 65.2 Å². The molecule has 0 spiro atoms. The summed E-state index contributed by atoms with van der Waals surface area (Å²) in [5, 5.41) is 4.95. The molecule has 0 N–H and O–H groups in total. The van der Waals surface area contributed by atoms with E-state index < -0.39 is 0 Å². The van der Waals surface area contributed by atoms with Gasteiger partial charge in [0.05, 0.1) is 6.54 Å². The Bertz CT molecular complexity index is 996. The molecule has 1 unspecified atom stereocenters. The number of carbonyl (C=O) groups excluding carboxylic acids is 1. The maximum atomic E-state index is 12.4. The van der Waals surface area contributed by atoms with Crippen molar-refractivity contribution in [1.82, 2.24) is 19.7 Å². The third kappa shape index (κ3) is 3.28. The zero-order valence-corrected chi connectivity index (χ0v) is 14.1. The van der Waals surface area contributed by atoms with E-state index in [0.717, 1.165) is 23.1 Å². The summed E-state index contributed by atoms with van der Waals surface area (Å²) in [6.45, 7) is 1.04. The van der Waals surface area contributed by atoms with Crippen LogP contribution in [0, 0.1) is 0 Å². The summed E-state index contributed by atoms with van der Waals surface area (Å²) in [5.41, 5.74) is 0.537. The van der Waals surface area contributed by atoms with Crippen molar-refractivity contribution in [2.45, 2.75) is 19.1 Å². The molecule has 7 heteroatoms. The molecular formula is C19H18N4O3. The van der Waals surface area contributed by atoms with E-state index in [2.05, 4.69) is 10.1 Å². The molecule has 1 saturated heterocycles. The Morgan fingerprint density at radius 2 is 2.00 bits per heavy atom. The first-order valence-corrected chi connectivity index (χ1v) is 8.51. The number of aromatic nitrogens is 3. The average molecular weight is 350 g/mol. The number of nitrogens with zero attached hydrogens (tertiary/aromatic N) is 4. The van der Waals surface area contributed by atoms with E-state index in [9.17, 15) is 9.59 Å². The Hall–Kier alpha value is -3.22. The first kappa shape index (κ1) is 16.3. The van der Waals surface area contributed by atoms with Crippen LogP contribution in [0.1, 0.15) is 6.42 Å². The van der Waals surface area contributed by atoms with Crippen molar-refractivity contribution in [2.75, 3.05) is 13.1 Å². The van der Waals surface area contributed by atoms with Crippen LogP contribution in [0.5, 0.6) is 5.75 Å². The molecule has 0 radical (unpaired) electrons. The number of ether oxygens (including phenoxy) is 1. The average Bonchev–Trinajstić information content (AvgIpc) is 3.13. The van der Waals surface area contributed by atoms with E-state index in [1.165, 1.54) is 16.9 Å². The fourth-order valence-corrected chi connectivity index (χ4v) is 3.14. The SMILES string of the molecule is O=C(Cn1ncccc1=O)N1CCC(Oc2cccc3cccnc23)C1. The first-order chi connectivity index (χ1) is 12.7. The Kier molecular flexibility index (Phi) is 4.35. The molecule has 1 aliphatic heterocycles. The molecule has 3 heterocycles. The molecule has 1 atom stereocenters. The first-order valence-electron chi connectivity index (χ1n) is 8.51. The van der Waals surface area contributed by atoms with E-state index in [4.69, 9.17) is 4.74 Å². The van der Waals surface area contributed by atoms with E-state index in [0.29, 0.717) is 13.1 Å². The lowest BCUT2D eigenvalue weighted by Crippen LogP contribution is -2.36. The maximum absolute atomic E-state index is 12.4. The van der Waals surface area contributed by atoms with E-state index >= 15 is 0 Å². The highest BCUT2D eigenvalue weighted by Gasteiger charge is 2.28. The number of rotatable bonds is 4. The number of fused-ring (bicyclic) bond motifs is 1. The van der Waals surface area contributed by atoms with Gasteiger partial charge in [0, 0.05) is 36.8 Å². The Balaban J connectivity index is 1.43. The molecule has 0 saturated carbocycles. The molecule has 3 aromatic rings. The fourth-order valence-electron chi connectivity index (χ4n) is 3.14. The number of carbonyl (C=O) groups is 1. The molecule has 2 aromatic heterocycles. The second-order valence-electron chi connectivity index (χ2n) is 6.22. The number of amides is 1. The highest BCUT2D eigenvalue weighted by atomic mass is 16.5. The molecule has 1 aliphatic rings. The van der Waals surface area contributed by atoms with E-state index in [1.807, 2.05) is 30.3 Å². The second kappa shape index (κ2) is 6.95. The predicted octanol–water partition coefficient (Wildman–Crippen LogP) is 1.47. The lowest BCUT2D eigenvalue weighted by Gasteiger charge is -2.18. The summed E-state index contributed by atoms with van der Waals surface area (Å²) in [7, 11) is 0. The van der Waals surface area contributed by atoms with Crippen molar-refractivity contribution in [3.8, 4) is 5.75 Å². The van der Waals surface area contributed by atoms with Gasteiger partial charge < -0.3 is 9.64 Å². The zero-order valence-electron chi connectivity index (χ0n) is 14.1. The third-order valence-corrected chi connectivity index (χ3v) is 4.46. The summed E-state index contributed by atoms with van der Waals surface area (Å²) < 4.78 is 7.27. The molecule has 4 rings (SSSR count). The van der Waals surface area contributed by atoms with Gasteiger partial charge in [0.15, 0.2) is 0 Å². The van der Waals surface area contributed by atoms with Crippen LogP contribution < -0.4 is 10.3 Å². The molecule has 132 valence electrons. The molecule has 1 aromatic carbocycles. The molecular weight excluding hydrogens is 332 g/mol. The lowest BCUT2D eigenvalue weighted by atomic mass is 10.2. The van der Waals surface area contributed by atoms with Crippen LogP contribution in [0.3, 0.4) is 0 Å². The summed E-state index contributed by atoms with van der Waals surface area (Å²) >= 11 is 0. The van der Waals surface area contributed by atoms with Gasteiger partial charge in [-0.25, -0.2) is 4.68 Å². The number of hydrogen-bond donors (Lipinski definition) is 0. The van der Waals surface area contributed by atoms with Gasteiger partial charge in [-0.15, -0.1) is 0 Å². The van der Waals surface area contributed by atoms with Crippen molar-refractivity contribution in [3.63, 3.8) is 0 Å². The van der Waals surface area contributed by atoms with E-state index in [-0.39, 0.29) is 24.1 Å². The fraction of sp³-hybridized carbons (Fsp3) is 0.263. The topological polar surface area (TPSA) is 77.3 Å². The predicted molar refractivity (Wildman–Crippen MR) is 95.9 cm³/mol. The number of para-hydroxylation sites is 1.